The number of anilines is 2. The molecule has 0 amide bonds. The molecule has 0 radical (unpaired) electrons. The van der Waals surface area contributed by atoms with E-state index in [1.165, 1.54) is 30.6 Å². The van der Waals surface area contributed by atoms with E-state index in [1.807, 2.05) is 0 Å². The van der Waals surface area contributed by atoms with Crippen molar-refractivity contribution < 1.29 is 5.21 Å². The maximum atomic E-state index is 9.87. The Morgan fingerprint density at radius 1 is 1.39 bits per heavy atom. The van der Waals surface area contributed by atoms with Crippen molar-refractivity contribution in [1.29, 1.82) is 5.41 Å². The largest absolute Gasteiger partial charge is 0.396 e. The van der Waals surface area contributed by atoms with Crippen LogP contribution < -0.4 is 10.8 Å². The van der Waals surface area contributed by atoms with Gasteiger partial charge in [-0.25, -0.2) is 4.68 Å². The van der Waals surface area contributed by atoms with Crippen LogP contribution in [0, 0.1) is 5.41 Å². The van der Waals surface area contributed by atoms with Gasteiger partial charge in [0.2, 0.25) is 5.96 Å². The van der Waals surface area contributed by atoms with Crippen LogP contribution in [0.25, 0.3) is 0 Å². The quantitative estimate of drug-likeness (QED) is 0.426. The summed E-state index contributed by atoms with van der Waals surface area (Å²) >= 11 is 11.6. The molecule has 0 spiro atoms. The van der Waals surface area contributed by atoms with Crippen LogP contribution in [0.5, 0.6) is 0 Å². The van der Waals surface area contributed by atoms with Crippen LogP contribution in [0.2, 0.25) is 10.0 Å². The van der Waals surface area contributed by atoms with Crippen LogP contribution in [0.15, 0.2) is 30.6 Å². The van der Waals surface area contributed by atoms with Crippen LogP contribution in [0.3, 0.4) is 0 Å². The van der Waals surface area contributed by atoms with Crippen LogP contribution in [0.1, 0.15) is 0 Å². The standard InChI is InChI=1S/C10H9Cl2N5O/c11-8-2-1-7(3-9(8)12)17(18)10(14)16-5-6(13)4-15-16/h1-5,14,18H,13H2. The van der Waals surface area contributed by atoms with Crippen LogP contribution >= 0.6 is 23.2 Å². The molecule has 18 heavy (non-hydrogen) atoms. The van der Waals surface area contributed by atoms with Crippen molar-refractivity contribution in [3.8, 4) is 0 Å². The molecule has 0 saturated carbocycles. The van der Waals surface area contributed by atoms with Gasteiger partial charge >= 0.3 is 0 Å². The van der Waals surface area contributed by atoms with Gasteiger partial charge in [-0.3, -0.25) is 10.6 Å². The second kappa shape index (κ2) is 4.85. The lowest BCUT2D eigenvalue weighted by molar-refractivity contribution is 0.306. The SMILES string of the molecule is N=C(N(O)c1ccc(Cl)c(Cl)c1)n1cc(N)cn1. The lowest BCUT2D eigenvalue weighted by Gasteiger charge is -2.17. The number of nitrogens with two attached hydrogens (primary N) is 1. The van der Waals surface area contributed by atoms with E-state index in [2.05, 4.69) is 5.10 Å². The minimum Gasteiger partial charge on any atom is -0.396 e. The first-order chi connectivity index (χ1) is 8.49. The van der Waals surface area contributed by atoms with Gasteiger partial charge in [-0.2, -0.15) is 10.2 Å². The van der Waals surface area contributed by atoms with Crippen LogP contribution in [-0.2, 0) is 0 Å². The summed E-state index contributed by atoms with van der Waals surface area (Å²) in [7, 11) is 0. The Labute approximate surface area is 113 Å². The van der Waals surface area contributed by atoms with E-state index in [4.69, 9.17) is 34.3 Å². The topological polar surface area (TPSA) is 91.2 Å². The second-order valence-electron chi connectivity index (χ2n) is 3.45. The average molecular weight is 286 g/mol. The van der Waals surface area contributed by atoms with Crippen molar-refractivity contribution in [2.45, 2.75) is 0 Å². The molecule has 8 heteroatoms. The molecule has 1 heterocycles. The lowest BCUT2D eigenvalue weighted by atomic mass is 10.3. The molecule has 0 fully saturated rings. The Balaban J connectivity index is 2.28. The van der Waals surface area contributed by atoms with E-state index in [0.717, 1.165) is 4.68 Å². The first-order valence-corrected chi connectivity index (χ1v) is 5.58. The molecule has 4 N–H and O–H groups in total. The molecule has 6 nitrogen and oxygen atoms in total. The monoisotopic (exact) mass is 285 g/mol. The highest BCUT2D eigenvalue weighted by Gasteiger charge is 2.13. The number of aromatic nitrogens is 2. The zero-order valence-electron chi connectivity index (χ0n) is 9.01. The Morgan fingerprint density at radius 3 is 2.67 bits per heavy atom. The van der Waals surface area contributed by atoms with Crippen molar-refractivity contribution in [3.05, 3.63) is 40.6 Å². The van der Waals surface area contributed by atoms with E-state index in [0.29, 0.717) is 21.5 Å². The fourth-order valence-corrected chi connectivity index (χ4v) is 1.58. The number of hydrogen-bond acceptors (Lipinski definition) is 4. The molecular formula is C10H9Cl2N5O. The molecule has 94 valence electrons. The maximum absolute atomic E-state index is 9.87. The highest BCUT2D eigenvalue weighted by atomic mass is 35.5. The number of nitrogens with zero attached hydrogens (tertiary/aromatic N) is 3. The van der Waals surface area contributed by atoms with E-state index in [-0.39, 0.29) is 11.0 Å². The Hall–Kier alpha value is -1.76. The fourth-order valence-electron chi connectivity index (χ4n) is 1.29. The summed E-state index contributed by atoms with van der Waals surface area (Å²) < 4.78 is 1.12. The van der Waals surface area contributed by atoms with E-state index in [1.54, 1.807) is 0 Å². The summed E-state index contributed by atoms with van der Waals surface area (Å²) in [5.41, 5.74) is 6.17. The number of halogens is 2. The average Bonchev–Trinajstić information content (AvgIpc) is 2.77. The van der Waals surface area contributed by atoms with Gasteiger partial charge in [-0.1, -0.05) is 23.2 Å². The summed E-state index contributed by atoms with van der Waals surface area (Å²) in [4.78, 5) is 0. The third-order valence-electron chi connectivity index (χ3n) is 2.17. The predicted octanol–water partition coefficient (Wildman–Crippen LogP) is 2.45. The smallest absolute Gasteiger partial charge is 0.248 e. The summed E-state index contributed by atoms with van der Waals surface area (Å²) in [6, 6.07) is 4.48. The molecule has 0 aliphatic rings. The van der Waals surface area contributed by atoms with Gasteiger partial charge in [0, 0.05) is 0 Å². The molecular weight excluding hydrogens is 277 g/mol. The van der Waals surface area contributed by atoms with Crippen LogP contribution in [0.4, 0.5) is 11.4 Å². The second-order valence-corrected chi connectivity index (χ2v) is 4.27. The summed E-state index contributed by atoms with van der Waals surface area (Å²) in [6.07, 6.45) is 2.78. The van der Waals surface area contributed by atoms with Gasteiger partial charge in [0.15, 0.2) is 0 Å². The molecule has 0 unspecified atom stereocenters. The maximum Gasteiger partial charge on any atom is 0.248 e. The van der Waals surface area contributed by atoms with E-state index >= 15 is 0 Å². The third kappa shape index (κ3) is 2.40. The normalized spacial score (nSPS) is 10.4. The minimum absolute atomic E-state index is 0.279. The number of nitrogen functional groups attached to an aromatic ring is 1. The molecule has 2 rings (SSSR count). The number of rotatable bonds is 1. The molecule has 1 aromatic heterocycles. The summed E-state index contributed by atoms with van der Waals surface area (Å²) in [5, 5.41) is 22.7. The molecule has 0 saturated heterocycles. The first-order valence-electron chi connectivity index (χ1n) is 4.82. The number of hydrogen-bond donors (Lipinski definition) is 3. The zero-order chi connectivity index (χ0) is 13.3. The molecule has 1 aromatic carbocycles. The molecule has 0 aliphatic heterocycles. The van der Waals surface area contributed by atoms with Crippen molar-refractivity contribution in [2.75, 3.05) is 10.8 Å². The highest BCUT2D eigenvalue weighted by Crippen LogP contribution is 2.26. The number of hydroxylamine groups is 1. The summed E-state index contributed by atoms with van der Waals surface area (Å²) in [5.74, 6) is -0.287. The number of benzene rings is 1. The molecule has 2 aromatic rings. The van der Waals surface area contributed by atoms with Crippen LogP contribution in [-0.4, -0.2) is 20.9 Å². The van der Waals surface area contributed by atoms with E-state index < -0.39 is 0 Å². The van der Waals surface area contributed by atoms with Gasteiger partial charge in [0.1, 0.15) is 0 Å². The minimum atomic E-state index is -0.287. The molecule has 0 bridgehead atoms. The summed E-state index contributed by atoms with van der Waals surface area (Å²) in [6.45, 7) is 0. The Kier molecular flexibility index (Phi) is 3.42. The van der Waals surface area contributed by atoms with Gasteiger partial charge in [0.05, 0.1) is 33.8 Å². The van der Waals surface area contributed by atoms with Crippen molar-refractivity contribution in [2.24, 2.45) is 0 Å². The highest BCUT2D eigenvalue weighted by molar-refractivity contribution is 6.42. The lowest BCUT2D eigenvalue weighted by Crippen LogP contribution is -2.32. The first kappa shape index (κ1) is 12.7. The van der Waals surface area contributed by atoms with Gasteiger partial charge in [0.25, 0.3) is 0 Å². The number of nitrogens with one attached hydrogen (secondary N) is 1. The fraction of sp³-hybridized carbons (Fsp3) is 0. The Bertz CT molecular complexity index is 598. The van der Waals surface area contributed by atoms with Crippen molar-refractivity contribution in [3.63, 3.8) is 0 Å². The molecule has 0 atom stereocenters. The van der Waals surface area contributed by atoms with E-state index in [9.17, 15) is 5.21 Å². The zero-order valence-corrected chi connectivity index (χ0v) is 10.5. The third-order valence-corrected chi connectivity index (χ3v) is 2.91. The van der Waals surface area contributed by atoms with Gasteiger partial charge in [-0.15, -0.1) is 0 Å². The van der Waals surface area contributed by atoms with Gasteiger partial charge < -0.3 is 5.73 Å². The van der Waals surface area contributed by atoms with Crippen molar-refractivity contribution in [1.82, 2.24) is 9.78 Å². The van der Waals surface area contributed by atoms with Gasteiger partial charge in [-0.05, 0) is 18.2 Å². The predicted molar refractivity (Wildman–Crippen MR) is 70.5 cm³/mol. The Morgan fingerprint density at radius 2 is 2.11 bits per heavy atom. The molecule has 0 aliphatic carbocycles. The van der Waals surface area contributed by atoms with Crippen molar-refractivity contribution >= 4 is 40.5 Å².